The molecule has 8 aromatic carbocycles. The van der Waals surface area contributed by atoms with Crippen LogP contribution in [0.2, 0.25) is 0 Å². The molecule has 3 heteroatoms. The van der Waals surface area contributed by atoms with Gasteiger partial charge in [-0.15, -0.1) is 0 Å². The zero-order valence-corrected chi connectivity index (χ0v) is 24.0. The van der Waals surface area contributed by atoms with E-state index in [4.69, 9.17) is 8.83 Å². The molecule has 0 N–H and O–H groups in total. The third-order valence-corrected chi connectivity index (χ3v) is 9.73. The normalized spacial score (nSPS) is 12.4. The zero-order chi connectivity index (χ0) is 29.2. The van der Waals surface area contributed by atoms with Crippen LogP contribution in [0.4, 0.5) is 0 Å². The maximum absolute atomic E-state index is 6.56. The van der Waals surface area contributed by atoms with Gasteiger partial charge in [0.1, 0.15) is 22.3 Å². The summed E-state index contributed by atoms with van der Waals surface area (Å²) in [4.78, 5) is 0. The first-order valence-corrected chi connectivity index (χ1v) is 15.4. The monoisotopic (exact) mass is 573 g/mol. The van der Waals surface area contributed by atoms with Gasteiger partial charge in [0.2, 0.25) is 0 Å². The van der Waals surface area contributed by atoms with E-state index < -0.39 is 0 Å². The Kier molecular flexibility index (Phi) is 4.32. The fraction of sp³-hybridized carbons (Fsp3) is 0. The van der Waals surface area contributed by atoms with E-state index in [1.54, 1.807) is 0 Å². The Morgan fingerprint density at radius 2 is 1.02 bits per heavy atom. The van der Waals surface area contributed by atoms with E-state index in [-0.39, 0.29) is 0 Å². The van der Waals surface area contributed by atoms with Crippen LogP contribution < -0.4 is 0 Å². The van der Waals surface area contributed by atoms with Crippen molar-refractivity contribution in [3.05, 3.63) is 140 Å². The predicted octanol–water partition coefficient (Wildman–Crippen LogP) is 12.0. The molecule has 0 saturated carbocycles. The summed E-state index contributed by atoms with van der Waals surface area (Å²) in [5.74, 6) is 0. The molecule has 0 atom stereocenters. The first kappa shape index (κ1) is 23.4. The van der Waals surface area contributed by atoms with Crippen LogP contribution in [0.1, 0.15) is 0 Å². The second-order valence-corrected chi connectivity index (χ2v) is 12.0. The van der Waals surface area contributed by atoms with Crippen LogP contribution in [-0.4, -0.2) is 4.57 Å². The average Bonchev–Trinajstić information content (AvgIpc) is 3.77. The number of para-hydroxylation sites is 1. The van der Waals surface area contributed by atoms with Crippen molar-refractivity contribution < 1.29 is 8.83 Å². The minimum absolute atomic E-state index is 0.896. The van der Waals surface area contributed by atoms with Gasteiger partial charge in [-0.25, -0.2) is 0 Å². The van der Waals surface area contributed by atoms with Crippen molar-refractivity contribution in [3.63, 3.8) is 0 Å². The fourth-order valence-electron chi connectivity index (χ4n) is 7.91. The van der Waals surface area contributed by atoms with E-state index in [0.717, 1.165) is 55.4 Å². The Bertz CT molecular complexity index is 2970. The molecule has 3 nitrogen and oxygen atoms in total. The molecule has 0 bridgehead atoms. The molecule has 45 heavy (non-hydrogen) atoms. The molecule has 208 valence electrons. The summed E-state index contributed by atoms with van der Waals surface area (Å²) in [6.45, 7) is 0. The van der Waals surface area contributed by atoms with Crippen LogP contribution in [0.15, 0.2) is 148 Å². The lowest BCUT2D eigenvalue weighted by Crippen LogP contribution is -1.95. The van der Waals surface area contributed by atoms with Crippen molar-refractivity contribution in [1.29, 1.82) is 0 Å². The fourth-order valence-corrected chi connectivity index (χ4v) is 7.91. The van der Waals surface area contributed by atoms with E-state index >= 15 is 0 Å². The number of rotatable bonds is 2. The Balaban J connectivity index is 1.40. The summed E-state index contributed by atoms with van der Waals surface area (Å²) in [5, 5.41) is 12.0. The number of fused-ring (bicyclic) bond motifs is 6. The third kappa shape index (κ3) is 2.95. The molecule has 0 radical (unpaired) electrons. The summed E-state index contributed by atoms with van der Waals surface area (Å²) in [6, 6.07) is 49.9. The first-order valence-electron chi connectivity index (χ1n) is 15.4. The van der Waals surface area contributed by atoms with Crippen molar-refractivity contribution in [3.8, 4) is 16.8 Å². The van der Waals surface area contributed by atoms with Crippen molar-refractivity contribution in [2.24, 2.45) is 0 Å². The van der Waals surface area contributed by atoms with Gasteiger partial charge in [0.25, 0.3) is 0 Å². The Labute approximate surface area is 256 Å². The molecule has 3 aromatic heterocycles. The summed E-state index contributed by atoms with van der Waals surface area (Å²) in [5.41, 5.74) is 9.28. The quantitative estimate of drug-likeness (QED) is 0.206. The van der Waals surface area contributed by atoms with Crippen molar-refractivity contribution >= 4 is 87.2 Å². The maximum atomic E-state index is 6.56. The molecule has 0 aliphatic rings. The molecule has 0 fully saturated rings. The van der Waals surface area contributed by atoms with Crippen molar-refractivity contribution in [2.45, 2.75) is 0 Å². The van der Waals surface area contributed by atoms with Gasteiger partial charge in [0.15, 0.2) is 0 Å². The van der Waals surface area contributed by atoms with Gasteiger partial charge in [-0.2, -0.15) is 0 Å². The van der Waals surface area contributed by atoms with Gasteiger partial charge >= 0.3 is 0 Å². The summed E-state index contributed by atoms with van der Waals surface area (Å²) in [6.07, 6.45) is 0. The number of nitrogens with zero attached hydrogens (tertiary/aromatic N) is 1. The highest BCUT2D eigenvalue weighted by atomic mass is 16.3. The largest absolute Gasteiger partial charge is 0.456 e. The number of hydrogen-bond donors (Lipinski definition) is 0. The molecule has 0 spiro atoms. The van der Waals surface area contributed by atoms with Crippen LogP contribution in [0.3, 0.4) is 0 Å². The molecule has 11 rings (SSSR count). The summed E-state index contributed by atoms with van der Waals surface area (Å²) < 4.78 is 15.5. The predicted molar refractivity (Wildman–Crippen MR) is 187 cm³/mol. The molecule has 0 amide bonds. The Hall–Kier alpha value is -6.06. The molecular weight excluding hydrogens is 550 g/mol. The van der Waals surface area contributed by atoms with Gasteiger partial charge in [-0.1, -0.05) is 97.1 Å². The average molecular weight is 574 g/mol. The van der Waals surface area contributed by atoms with Gasteiger partial charge in [-0.3, -0.25) is 0 Å². The van der Waals surface area contributed by atoms with E-state index in [1.165, 1.54) is 48.6 Å². The minimum Gasteiger partial charge on any atom is -0.456 e. The number of benzene rings is 7. The standard InChI is InChI=1S/C42H23NO2/c1-2-10-24(11-3-1)31-22-25(23-32-28-14-6-7-18-35(28)45-42(31)32)43-33-17-8-15-29-26-12-4-5-13-27(26)30-16-9-19-36-39(30)41-37(44-36)21-20-34(43)40(41)38(29)33/h1-23H. The topological polar surface area (TPSA) is 31.2 Å². The molecule has 0 aliphatic heterocycles. The highest BCUT2D eigenvalue weighted by molar-refractivity contribution is 6.38. The van der Waals surface area contributed by atoms with E-state index in [9.17, 15) is 0 Å². The second-order valence-electron chi connectivity index (χ2n) is 12.0. The molecule has 0 unspecified atom stereocenters. The number of aromatic nitrogens is 1. The molecule has 3 heterocycles. The van der Waals surface area contributed by atoms with Gasteiger partial charge in [0.05, 0.1) is 11.0 Å². The zero-order valence-electron chi connectivity index (χ0n) is 24.0. The number of furan rings is 2. The van der Waals surface area contributed by atoms with Crippen LogP contribution >= 0.6 is 0 Å². The lowest BCUT2D eigenvalue weighted by atomic mass is 9.95. The third-order valence-electron chi connectivity index (χ3n) is 9.73. The minimum atomic E-state index is 0.896. The second kappa shape index (κ2) is 8.31. The van der Waals surface area contributed by atoms with E-state index in [0.29, 0.717) is 0 Å². The van der Waals surface area contributed by atoms with Crippen molar-refractivity contribution in [2.75, 3.05) is 0 Å². The lowest BCUT2D eigenvalue weighted by molar-refractivity contribution is 0.669. The molecule has 0 aliphatic carbocycles. The van der Waals surface area contributed by atoms with E-state index in [1.807, 2.05) is 6.07 Å². The Morgan fingerprint density at radius 1 is 0.378 bits per heavy atom. The first-order chi connectivity index (χ1) is 22.3. The van der Waals surface area contributed by atoms with Crippen molar-refractivity contribution in [1.82, 2.24) is 4.57 Å². The van der Waals surface area contributed by atoms with Crippen LogP contribution in [0, 0.1) is 0 Å². The summed E-state index contributed by atoms with van der Waals surface area (Å²) >= 11 is 0. The molecular formula is C42H23NO2. The Morgan fingerprint density at radius 3 is 1.87 bits per heavy atom. The van der Waals surface area contributed by atoms with Crippen LogP contribution in [-0.2, 0) is 0 Å². The van der Waals surface area contributed by atoms with Crippen LogP contribution in [0.5, 0.6) is 0 Å². The highest BCUT2D eigenvalue weighted by Crippen LogP contribution is 2.47. The molecule has 0 saturated heterocycles. The smallest absolute Gasteiger partial charge is 0.143 e. The summed E-state index contributed by atoms with van der Waals surface area (Å²) in [7, 11) is 0. The number of hydrogen-bond acceptors (Lipinski definition) is 2. The maximum Gasteiger partial charge on any atom is 0.143 e. The van der Waals surface area contributed by atoms with Crippen LogP contribution in [0.25, 0.3) is 104 Å². The highest BCUT2D eigenvalue weighted by Gasteiger charge is 2.24. The SMILES string of the molecule is c1ccc(-c2cc(-n3c4cccc5c6ccccc6c6cccc7oc8ccc3c(c8c76)c54)cc3c2oc2ccccc23)cc1. The van der Waals surface area contributed by atoms with Gasteiger partial charge in [-0.05, 0) is 69.6 Å². The van der Waals surface area contributed by atoms with Gasteiger partial charge in [0, 0.05) is 43.6 Å². The molecule has 11 aromatic rings. The van der Waals surface area contributed by atoms with Gasteiger partial charge < -0.3 is 13.4 Å². The lowest BCUT2D eigenvalue weighted by Gasteiger charge is -2.12. The van der Waals surface area contributed by atoms with E-state index in [2.05, 4.69) is 138 Å².